The van der Waals surface area contributed by atoms with Crippen molar-refractivity contribution in [1.29, 1.82) is 0 Å². The van der Waals surface area contributed by atoms with Crippen molar-refractivity contribution in [3.8, 4) is 0 Å². The third kappa shape index (κ3) is 3.96. The van der Waals surface area contributed by atoms with E-state index in [1.807, 2.05) is 13.8 Å². The minimum absolute atomic E-state index is 0.309. The average Bonchev–Trinajstić information content (AvgIpc) is 2.32. The summed E-state index contributed by atoms with van der Waals surface area (Å²) in [6.45, 7) is 20.8. The molecular weight excluding hydrogens is 208 g/mol. The minimum Gasteiger partial charge on any atom is -0.304 e. The molecule has 1 aliphatic rings. The molecule has 0 amide bonds. The van der Waals surface area contributed by atoms with Crippen molar-refractivity contribution >= 4 is 0 Å². The first-order valence-electron chi connectivity index (χ1n) is 7.25. The quantitative estimate of drug-likeness (QED) is 0.747. The Hall–Kier alpha value is -0.0800. The van der Waals surface area contributed by atoms with Crippen molar-refractivity contribution in [3.63, 3.8) is 0 Å². The summed E-state index contributed by atoms with van der Waals surface area (Å²) in [5.41, 5.74) is 0.700. The molecule has 0 N–H and O–H groups in total. The average molecular weight is 242 g/mol. The Morgan fingerprint density at radius 1 is 0.882 bits per heavy atom. The van der Waals surface area contributed by atoms with Crippen LogP contribution in [0.4, 0.5) is 0 Å². The van der Waals surface area contributed by atoms with Crippen LogP contribution in [0.3, 0.4) is 0 Å². The smallest absolute Gasteiger partial charge is 0.0205 e. The van der Waals surface area contributed by atoms with Gasteiger partial charge in [-0.1, -0.05) is 34.6 Å². The summed E-state index contributed by atoms with van der Waals surface area (Å²) in [6, 6.07) is 0. The van der Waals surface area contributed by atoms with E-state index in [9.17, 15) is 0 Å². The van der Waals surface area contributed by atoms with E-state index >= 15 is 0 Å². The molecule has 2 nitrogen and oxygen atoms in total. The summed E-state index contributed by atoms with van der Waals surface area (Å²) in [4.78, 5) is 5.09. The van der Waals surface area contributed by atoms with Gasteiger partial charge in [0.25, 0.3) is 0 Å². The molecule has 0 aromatic carbocycles. The van der Waals surface area contributed by atoms with E-state index < -0.39 is 0 Å². The lowest BCUT2D eigenvalue weighted by Gasteiger charge is -2.51. The van der Waals surface area contributed by atoms with Crippen LogP contribution in [0.1, 0.15) is 54.9 Å². The minimum atomic E-state index is 0.309. The van der Waals surface area contributed by atoms with Gasteiger partial charge in [-0.15, -0.1) is 0 Å². The summed E-state index contributed by atoms with van der Waals surface area (Å²) >= 11 is 0. The molecule has 104 valence electrons. The van der Waals surface area contributed by atoms with Crippen LogP contribution in [0.2, 0.25) is 0 Å². The van der Waals surface area contributed by atoms with E-state index in [0.29, 0.717) is 11.0 Å². The Morgan fingerprint density at radius 2 is 1.29 bits per heavy atom. The van der Waals surface area contributed by atoms with Crippen LogP contribution in [-0.2, 0) is 0 Å². The number of nitrogens with zero attached hydrogens (tertiary/aromatic N) is 2. The Labute approximate surface area is 109 Å². The van der Waals surface area contributed by atoms with Gasteiger partial charge in [0.15, 0.2) is 0 Å². The number of hydrogen-bond donors (Lipinski definition) is 0. The van der Waals surface area contributed by atoms with E-state index in [1.165, 1.54) is 32.6 Å². The second kappa shape index (κ2) is 6.75. The first kappa shape index (κ1) is 16.9. The topological polar surface area (TPSA) is 6.48 Å². The lowest BCUT2D eigenvalue weighted by Crippen LogP contribution is -2.59. The van der Waals surface area contributed by atoms with Gasteiger partial charge in [0.05, 0.1) is 0 Å². The zero-order valence-electron chi connectivity index (χ0n) is 13.4. The van der Waals surface area contributed by atoms with E-state index in [1.54, 1.807) is 0 Å². The lowest BCUT2D eigenvalue weighted by molar-refractivity contribution is -0.0181. The van der Waals surface area contributed by atoms with Crippen LogP contribution in [-0.4, -0.2) is 48.6 Å². The van der Waals surface area contributed by atoms with Gasteiger partial charge >= 0.3 is 0 Å². The van der Waals surface area contributed by atoms with E-state index in [4.69, 9.17) is 0 Å². The Bertz CT molecular complexity index is 201. The standard InChI is InChI=1S/C13H28N2.C2H6/c1-7-12(2,3)13(4,5)15-10-8-14(6)9-11-15;1-2/h7-11H2,1-6H3;1-2H3. The molecule has 1 heterocycles. The van der Waals surface area contributed by atoms with Gasteiger partial charge in [-0.05, 0) is 32.7 Å². The molecular formula is C15H34N2. The molecule has 1 saturated heterocycles. The Morgan fingerprint density at radius 3 is 1.65 bits per heavy atom. The predicted molar refractivity (Wildman–Crippen MR) is 78.6 cm³/mol. The highest BCUT2D eigenvalue weighted by Gasteiger charge is 2.40. The van der Waals surface area contributed by atoms with Gasteiger partial charge in [-0.25, -0.2) is 0 Å². The monoisotopic (exact) mass is 242 g/mol. The van der Waals surface area contributed by atoms with Gasteiger partial charge in [0.2, 0.25) is 0 Å². The highest BCUT2D eigenvalue weighted by Crippen LogP contribution is 2.38. The summed E-state index contributed by atoms with van der Waals surface area (Å²) in [5, 5.41) is 0. The Kier molecular flexibility index (Phi) is 6.71. The van der Waals surface area contributed by atoms with Crippen molar-refractivity contribution in [3.05, 3.63) is 0 Å². The third-order valence-electron chi connectivity index (χ3n) is 4.83. The molecule has 1 aliphatic heterocycles. The van der Waals surface area contributed by atoms with Crippen molar-refractivity contribution in [2.75, 3.05) is 33.2 Å². The normalized spacial score (nSPS) is 19.8. The fourth-order valence-corrected chi connectivity index (χ4v) is 2.23. The molecule has 0 unspecified atom stereocenters. The zero-order chi connectivity index (χ0) is 13.7. The molecule has 0 radical (unpaired) electrons. The molecule has 0 saturated carbocycles. The summed E-state index contributed by atoms with van der Waals surface area (Å²) in [5.74, 6) is 0. The number of hydrogen-bond acceptors (Lipinski definition) is 2. The zero-order valence-corrected chi connectivity index (χ0v) is 13.4. The maximum atomic E-state index is 2.66. The van der Waals surface area contributed by atoms with Crippen LogP contribution in [0, 0.1) is 5.41 Å². The van der Waals surface area contributed by atoms with Crippen molar-refractivity contribution in [2.45, 2.75) is 60.4 Å². The molecule has 0 spiro atoms. The molecule has 1 rings (SSSR count). The first-order valence-corrected chi connectivity index (χ1v) is 7.25. The summed E-state index contributed by atoms with van der Waals surface area (Å²) in [7, 11) is 2.22. The fraction of sp³-hybridized carbons (Fsp3) is 1.00. The number of piperazine rings is 1. The van der Waals surface area contributed by atoms with E-state index in [2.05, 4.69) is 51.5 Å². The SMILES string of the molecule is CC.CCC(C)(C)C(C)(C)N1CCN(C)CC1. The summed E-state index contributed by atoms with van der Waals surface area (Å²) < 4.78 is 0. The molecule has 17 heavy (non-hydrogen) atoms. The highest BCUT2D eigenvalue weighted by molar-refractivity contribution is 4.95. The lowest BCUT2D eigenvalue weighted by atomic mass is 9.71. The van der Waals surface area contributed by atoms with Crippen molar-refractivity contribution in [2.24, 2.45) is 5.41 Å². The van der Waals surface area contributed by atoms with Crippen molar-refractivity contribution < 1.29 is 0 Å². The van der Waals surface area contributed by atoms with Crippen LogP contribution in [0.25, 0.3) is 0 Å². The van der Waals surface area contributed by atoms with Gasteiger partial charge in [-0.3, -0.25) is 4.90 Å². The van der Waals surface area contributed by atoms with E-state index in [-0.39, 0.29) is 0 Å². The number of rotatable bonds is 3. The van der Waals surface area contributed by atoms with Crippen molar-refractivity contribution in [1.82, 2.24) is 9.80 Å². The number of likely N-dealkylation sites (N-methyl/N-ethyl adjacent to an activating group) is 1. The van der Waals surface area contributed by atoms with Gasteiger partial charge < -0.3 is 4.90 Å². The molecule has 1 fully saturated rings. The van der Waals surface area contributed by atoms with E-state index in [0.717, 1.165) is 0 Å². The molecule has 0 atom stereocenters. The van der Waals surface area contributed by atoms with Gasteiger partial charge in [-0.2, -0.15) is 0 Å². The van der Waals surface area contributed by atoms with Crippen LogP contribution < -0.4 is 0 Å². The fourth-order valence-electron chi connectivity index (χ4n) is 2.23. The highest BCUT2D eigenvalue weighted by atomic mass is 15.3. The largest absolute Gasteiger partial charge is 0.304 e. The molecule has 0 bridgehead atoms. The van der Waals surface area contributed by atoms with Gasteiger partial charge in [0, 0.05) is 31.7 Å². The summed E-state index contributed by atoms with van der Waals surface area (Å²) in [6.07, 6.45) is 1.24. The van der Waals surface area contributed by atoms with Crippen LogP contribution >= 0.6 is 0 Å². The Balaban J connectivity index is 0.00000121. The maximum Gasteiger partial charge on any atom is 0.0205 e. The second-order valence-electron chi connectivity index (χ2n) is 6.09. The van der Waals surface area contributed by atoms with Crippen LogP contribution in [0.5, 0.6) is 0 Å². The second-order valence-corrected chi connectivity index (χ2v) is 6.09. The predicted octanol–water partition coefficient (Wildman–Crippen LogP) is 3.47. The maximum absolute atomic E-state index is 2.66. The molecule has 0 aliphatic carbocycles. The molecule has 2 heteroatoms. The molecule has 0 aromatic heterocycles. The first-order chi connectivity index (χ1) is 7.81. The van der Waals surface area contributed by atoms with Crippen LogP contribution in [0.15, 0.2) is 0 Å². The van der Waals surface area contributed by atoms with Gasteiger partial charge in [0.1, 0.15) is 0 Å². The molecule has 0 aromatic rings. The third-order valence-corrected chi connectivity index (χ3v) is 4.83.